The fourth-order valence-corrected chi connectivity index (χ4v) is 4.97. The molecule has 1 saturated heterocycles. The van der Waals surface area contributed by atoms with Crippen LogP contribution in [0.2, 0.25) is 0 Å². The van der Waals surface area contributed by atoms with Crippen molar-refractivity contribution in [3.05, 3.63) is 64.2 Å². The molecule has 0 radical (unpaired) electrons. The highest BCUT2D eigenvalue weighted by Crippen LogP contribution is 2.49. The summed E-state index contributed by atoms with van der Waals surface area (Å²) in [5.74, 6) is -0.881. The molecule has 1 fully saturated rings. The Labute approximate surface area is 183 Å². The van der Waals surface area contributed by atoms with E-state index in [1.165, 1.54) is 18.2 Å². The van der Waals surface area contributed by atoms with Crippen LogP contribution in [0.3, 0.4) is 0 Å². The number of hydrogen-bond donors (Lipinski definition) is 1. The fraction of sp³-hybridized carbons (Fsp3) is 0.375. The van der Waals surface area contributed by atoms with Crippen LogP contribution in [-0.2, 0) is 27.6 Å². The van der Waals surface area contributed by atoms with Crippen molar-refractivity contribution in [1.29, 1.82) is 5.26 Å². The molecule has 2 aliphatic rings. The van der Waals surface area contributed by atoms with Gasteiger partial charge in [0.25, 0.3) is 0 Å². The molecule has 1 N–H and O–H groups in total. The first-order chi connectivity index (χ1) is 15.2. The zero-order valence-corrected chi connectivity index (χ0v) is 17.6. The summed E-state index contributed by atoms with van der Waals surface area (Å²) in [5, 5.41) is 12.7. The zero-order chi connectivity index (χ0) is 23.1. The van der Waals surface area contributed by atoms with E-state index in [-0.39, 0.29) is 24.3 Å². The lowest BCUT2D eigenvalue weighted by molar-refractivity contribution is -0.138. The van der Waals surface area contributed by atoms with Crippen LogP contribution >= 0.6 is 0 Å². The van der Waals surface area contributed by atoms with Crippen LogP contribution in [0, 0.1) is 18.3 Å². The number of nitriles is 1. The molecular weight excluding hydrogens is 419 g/mol. The lowest BCUT2D eigenvalue weighted by atomic mass is 9.72. The maximum absolute atomic E-state index is 13.6. The van der Waals surface area contributed by atoms with Gasteiger partial charge in [0.2, 0.25) is 11.8 Å². The lowest BCUT2D eigenvalue weighted by Crippen LogP contribution is -2.49. The minimum Gasteiger partial charge on any atom is -0.317 e. The third-order valence-electron chi connectivity index (χ3n) is 6.53. The molecule has 0 atom stereocenters. The normalized spacial score (nSPS) is 17.3. The summed E-state index contributed by atoms with van der Waals surface area (Å²) in [6.45, 7) is 2.98. The second-order valence-corrected chi connectivity index (χ2v) is 8.27. The van der Waals surface area contributed by atoms with E-state index in [0.29, 0.717) is 48.3 Å². The average Bonchev–Trinajstić information content (AvgIpc) is 3.01. The lowest BCUT2D eigenvalue weighted by Gasteiger charge is -2.33. The Bertz CT molecular complexity index is 1130. The number of rotatable bonds is 3. The number of piperidine rings is 1. The number of halogens is 3. The highest BCUT2D eigenvalue weighted by atomic mass is 19.4. The second-order valence-electron chi connectivity index (χ2n) is 8.27. The van der Waals surface area contributed by atoms with Gasteiger partial charge in [-0.05, 0) is 74.2 Å². The number of anilines is 1. The molecular formula is C24H22F3N3O2. The number of hydrogen-bond acceptors (Lipinski definition) is 4. The molecule has 0 unspecified atom stereocenters. The van der Waals surface area contributed by atoms with Gasteiger partial charge in [-0.3, -0.25) is 9.59 Å². The quantitative estimate of drug-likeness (QED) is 0.781. The van der Waals surface area contributed by atoms with Gasteiger partial charge < -0.3 is 5.32 Å². The van der Waals surface area contributed by atoms with E-state index < -0.39 is 23.1 Å². The van der Waals surface area contributed by atoms with Crippen LogP contribution in [-0.4, -0.2) is 24.9 Å². The second kappa shape index (κ2) is 8.06. The van der Waals surface area contributed by atoms with Crippen molar-refractivity contribution >= 4 is 17.5 Å². The van der Waals surface area contributed by atoms with E-state index in [1.807, 2.05) is 0 Å². The molecule has 0 aromatic heterocycles. The highest BCUT2D eigenvalue weighted by molar-refractivity contribution is 6.23. The molecule has 166 valence electrons. The minimum absolute atomic E-state index is 0.0211. The van der Waals surface area contributed by atoms with Gasteiger partial charge in [-0.25, -0.2) is 4.90 Å². The van der Waals surface area contributed by atoms with Crippen LogP contribution in [0.5, 0.6) is 0 Å². The Kier molecular flexibility index (Phi) is 5.55. The molecule has 2 heterocycles. The van der Waals surface area contributed by atoms with Crippen molar-refractivity contribution in [2.24, 2.45) is 0 Å². The molecule has 0 bridgehead atoms. The van der Waals surface area contributed by atoms with Crippen LogP contribution in [0.15, 0.2) is 36.4 Å². The first kappa shape index (κ1) is 22.0. The summed E-state index contributed by atoms with van der Waals surface area (Å²) in [4.78, 5) is 27.9. The number of alkyl halides is 3. The molecule has 8 heteroatoms. The smallest absolute Gasteiger partial charge is 0.317 e. The maximum atomic E-state index is 13.6. The van der Waals surface area contributed by atoms with Crippen molar-refractivity contribution in [3.63, 3.8) is 0 Å². The summed E-state index contributed by atoms with van der Waals surface area (Å²) < 4.78 is 39.9. The summed E-state index contributed by atoms with van der Waals surface area (Å²) >= 11 is 0. The topological polar surface area (TPSA) is 73.2 Å². The number of benzene rings is 2. The van der Waals surface area contributed by atoms with Crippen LogP contribution in [0.1, 0.15) is 47.1 Å². The van der Waals surface area contributed by atoms with Crippen molar-refractivity contribution < 1.29 is 22.8 Å². The molecule has 1 spiro atoms. The van der Waals surface area contributed by atoms with Crippen molar-refractivity contribution in [2.75, 3.05) is 18.0 Å². The monoisotopic (exact) mass is 441 g/mol. The fourth-order valence-electron chi connectivity index (χ4n) is 4.97. The first-order valence-electron chi connectivity index (χ1n) is 10.5. The SMILES string of the molecule is Cc1c(C#N)ccc2c1C1(CCNCC1)C(=O)N2C(=O)CCc1ccccc1C(F)(F)F. The first-order valence-corrected chi connectivity index (χ1v) is 10.5. The van der Waals surface area contributed by atoms with Crippen LogP contribution < -0.4 is 10.2 Å². The third kappa shape index (κ3) is 3.47. The van der Waals surface area contributed by atoms with E-state index in [4.69, 9.17) is 0 Å². The number of carbonyl (C=O) groups is 2. The van der Waals surface area contributed by atoms with Crippen molar-refractivity contribution in [1.82, 2.24) is 5.32 Å². The Morgan fingerprint density at radius 2 is 1.88 bits per heavy atom. The predicted octanol–water partition coefficient (Wildman–Crippen LogP) is 4.01. The number of nitrogens with one attached hydrogen (secondary N) is 1. The third-order valence-corrected chi connectivity index (χ3v) is 6.53. The molecule has 0 saturated carbocycles. The van der Waals surface area contributed by atoms with Crippen molar-refractivity contribution in [2.45, 2.75) is 44.2 Å². The molecule has 0 aliphatic carbocycles. The minimum atomic E-state index is -4.51. The Morgan fingerprint density at radius 1 is 1.19 bits per heavy atom. The number of carbonyl (C=O) groups excluding carboxylic acids is 2. The highest BCUT2D eigenvalue weighted by Gasteiger charge is 2.53. The number of imide groups is 1. The van der Waals surface area contributed by atoms with Gasteiger partial charge in [-0.1, -0.05) is 18.2 Å². The van der Waals surface area contributed by atoms with Gasteiger partial charge in [0.1, 0.15) is 0 Å². The molecule has 2 aromatic rings. The van der Waals surface area contributed by atoms with E-state index in [9.17, 15) is 28.0 Å². The summed E-state index contributed by atoms with van der Waals surface area (Å²) in [7, 11) is 0. The van der Waals surface area contributed by atoms with Gasteiger partial charge >= 0.3 is 6.18 Å². The summed E-state index contributed by atoms with van der Waals surface area (Å²) in [6, 6.07) is 10.5. The number of amides is 2. The van der Waals surface area contributed by atoms with Crippen molar-refractivity contribution in [3.8, 4) is 6.07 Å². The van der Waals surface area contributed by atoms with Gasteiger partial charge in [-0.2, -0.15) is 18.4 Å². The standard InChI is InChI=1S/C24H22F3N3O2/c1-15-17(14-28)6-8-19-21(15)23(10-12-29-13-11-23)22(32)30(19)20(31)9-7-16-4-2-3-5-18(16)24(25,26)27/h2-6,8,29H,7,9-13H2,1H3. The van der Waals surface area contributed by atoms with Gasteiger partial charge in [0.15, 0.2) is 0 Å². The average molecular weight is 441 g/mol. The molecule has 4 rings (SSSR count). The number of nitrogens with zero attached hydrogens (tertiary/aromatic N) is 2. The summed E-state index contributed by atoms with van der Waals surface area (Å²) in [5.41, 5.74) is 0.630. The Hall–Kier alpha value is -3.18. The number of fused-ring (bicyclic) bond motifs is 2. The largest absolute Gasteiger partial charge is 0.416 e. The predicted molar refractivity (Wildman–Crippen MR) is 112 cm³/mol. The number of aryl methyl sites for hydroxylation is 1. The van der Waals surface area contributed by atoms with Crippen LogP contribution in [0.25, 0.3) is 0 Å². The Morgan fingerprint density at radius 3 is 2.53 bits per heavy atom. The van der Waals surface area contributed by atoms with Gasteiger partial charge in [0, 0.05) is 6.42 Å². The van der Waals surface area contributed by atoms with Gasteiger partial charge in [0.05, 0.1) is 28.3 Å². The summed E-state index contributed by atoms with van der Waals surface area (Å²) in [6.07, 6.45) is -3.88. The van der Waals surface area contributed by atoms with E-state index in [0.717, 1.165) is 11.0 Å². The molecule has 2 aromatic carbocycles. The van der Waals surface area contributed by atoms with Crippen LogP contribution in [0.4, 0.5) is 18.9 Å². The zero-order valence-electron chi connectivity index (χ0n) is 17.6. The molecule has 2 aliphatic heterocycles. The molecule has 32 heavy (non-hydrogen) atoms. The van der Waals surface area contributed by atoms with Gasteiger partial charge in [-0.15, -0.1) is 0 Å². The molecule has 2 amide bonds. The van der Waals surface area contributed by atoms with E-state index >= 15 is 0 Å². The molecule has 5 nitrogen and oxygen atoms in total. The maximum Gasteiger partial charge on any atom is 0.416 e. The van der Waals surface area contributed by atoms with E-state index in [2.05, 4.69) is 11.4 Å². The Balaban J connectivity index is 1.68. The van der Waals surface area contributed by atoms with E-state index in [1.54, 1.807) is 19.1 Å².